The summed E-state index contributed by atoms with van der Waals surface area (Å²) in [6.07, 6.45) is 3.39. The molecular formula is C25H27FN4O3S. The number of amides is 3. The quantitative estimate of drug-likeness (QED) is 0.675. The maximum Gasteiger partial charge on any atom is 0.262 e. The van der Waals surface area contributed by atoms with Crippen molar-refractivity contribution in [1.82, 2.24) is 9.80 Å². The van der Waals surface area contributed by atoms with E-state index in [1.165, 1.54) is 35.2 Å². The first kappa shape index (κ1) is 23.9. The smallest absolute Gasteiger partial charge is 0.262 e. The predicted octanol–water partition coefficient (Wildman–Crippen LogP) is 3.91. The topological polar surface area (TPSA) is 82.1 Å². The maximum absolute atomic E-state index is 13.1. The van der Waals surface area contributed by atoms with Crippen LogP contribution in [0.25, 0.3) is 0 Å². The van der Waals surface area contributed by atoms with Crippen LogP contribution < -0.4 is 5.32 Å². The van der Waals surface area contributed by atoms with Gasteiger partial charge in [0, 0.05) is 44.4 Å². The SMILES string of the molecule is CN(Cc1ccc(F)cc1)C(=O)c1cccc(NC(=O)C[C@@H]2SC(N3CCCCC3)=NC2=O)c1. The number of thioether (sulfide) groups is 1. The molecule has 1 saturated heterocycles. The number of hydrogen-bond acceptors (Lipinski definition) is 5. The molecule has 0 unspecified atom stereocenters. The standard InChI is InChI=1S/C25H27FN4O3S/c1-29(16-17-8-10-19(26)11-9-17)24(33)18-6-5-7-20(14-18)27-22(31)15-21-23(32)28-25(34-21)30-12-3-2-4-13-30/h5-11,14,21H,2-4,12-13,15-16H2,1H3,(H,27,31)/t21-/m0/s1. The van der Waals surface area contributed by atoms with Crippen LogP contribution in [0.4, 0.5) is 10.1 Å². The lowest BCUT2D eigenvalue weighted by atomic mass is 10.1. The van der Waals surface area contributed by atoms with E-state index in [9.17, 15) is 18.8 Å². The third-order valence-electron chi connectivity index (χ3n) is 5.80. The summed E-state index contributed by atoms with van der Waals surface area (Å²) in [6, 6.07) is 12.7. The van der Waals surface area contributed by atoms with Gasteiger partial charge in [0.2, 0.25) is 5.91 Å². The first-order chi connectivity index (χ1) is 16.4. The average molecular weight is 483 g/mol. The normalized spacial score (nSPS) is 17.9. The Morgan fingerprint density at radius 2 is 1.88 bits per heavy atom. The second kappa shape index (κ2) is 10.8. The van der Waals surface area contributed by atoms with Crippen molar-refractivity contribution in [2.24, 2.45) is 4.99 Å². The highest BCUT2D eigenvalue weighted by Gasteiger charge is 2.33. The van der Waals surface area contributed by atoms with Crippen LogP contribution in [0, 0.1) is 5.82 Å². The summed E-state index contributed by atoms with van der Waals surface area (Å²) in [7, 11) is 1.67. The monoisotopic (exact) mass is 482 g/mol. The van der Waals surface area contributed by atoms with Gasteiger partial charge in [0.1, 0.15) is 11.1 Å². The number of aliphatic imine (C=N–C) groups is 1. The molecule has 0 aliphatic carbocycles. The van der Waals surface area contributed by atoms with Gasteiger partial charge in [-0.25, -0.2) is 4.39 Å². The second-order valence-electron chi connectivity index (χ2n) is 8.51. The van der Waals surface area contributed by atoms with E-state index in [2.05, 4.69) is 15.2 Å². The van der Waals surface area contributed by atoms with Gasteiger partial charge in [-0.3, -0.25) is 14.4 Å². The fraction of sp³-hybridized carbons (Fsp3) is 0.360. The molecule has 0 saturated carbocycles. The van der Waals surface area contributed by atoms with Crippen molar-refractivity contribution in [2.75, 3.05) is 25.5 Å². The second-order valence-corrected chi connectivity index (χ2v) is 9.68. The summed E-state index contributed by atoms with van der Waals surface area (Å²) in [5.74, 6) is -1.12. The van der Waals surface area contributed by atoms with Crippen LogP contribution in [0.1, 0.15) is 41.6 Å². The number of anilines is 1. The van der Waals surface area contributed by atoms with Gasteiger partial charge in [-0.1, -0.05) is 30.0 Å². The molecule has 2 aromatic rings. The third-order valence-corrected chi connectivity index (χ3v) is 7.01. The summed E-state index contributed by atoms with van der Waals surface area (Å²) in [5.41, 5.74) is 1.72. The molecule has 1 fully saturated rings. The van der Waals surface area contributed by atoms with Crippen molar-refractivity contribution in [3.63, 3.8) is 0 Å². The summed E-state index contributed by atoms with van der Waals surface area (Å²) in [5, 5.41) is 2.99. The first-order valence-corrected chi connectivity index (χ1v) is 12.2. The van der Waals surface area contributed by atoms with Gasteiger partial charge >= 0.3 is 0 Å². The number of hydrogen-bond donors (Lipinski definition) is 1. The minimum atomic E-state index is -0.524. The van der Waals surface area contributed by atoms with Gasteiger partial charge in [0.15, 0.2) is 5.17 Å². The van der Waals surface area contributed by atoms with Crippen molar-refractivity contribution in [3.8, 4) is 0 Å². The van der Waals surface area contributed by atoms with Crippen LogP contribution in [0.5, 0.6) is 0 Å². The van der Waals surface area contributed by atoms with Crippen LogP contribution in [0.15, 0.2) is 53.5 Å². The van der Waals surface area contributed by atoms with E-state index >= 15 is 0 Å². The molecule has 2 aliphatic rings. The lowest BCUT2D eigenvalue weighted by Gasteiger charge is -2.27. The Kier molecular flexibility index (Phi) is 7.62. The largest absolute Gasteiger partial charge is 0.351 e. The number of nitrogens with zero attached hydrogens (tertiary/aromatic N) is 3. The number of piperidine rings is 1. The molecule has 3 amide bonds. The van der Waals surface area contributed by atoms with Crippen molar-refractivity contribution in [1.29, 1.82) is 0 Å². The highest BCUT2D eigenvalue weighted by Crippen LogP contribution is 2.29. The molecule has 4 rings (SSSR count). The molecule has 2 heterocycles. The van der Waals surface area contributed by atoms with Crippen LogP contribution in [0.3, 0.4) is 0 Å². The minimum absolute atomic E-state index is 0.0208. The molecule has 178 valence electrons. The molecule has 7 nitrogen and oxygen atoms in total. The van der Waals surface area contributed by atoms with Crippen LogP contribution in [-0.4, -0.2) is 58.1 Å². The number of rotatable bonds is 6. The van der Waals surface area contributed by atoms with Gasteiger partial charge < -0.3 is 15.1 Å². The minimum Gasteiger partial charge on any atom is -0.351 e. The van der Waals surface area contributed by atoms with E-state index in [-0.39, 0.29) is 30.0 Å². The molecule has 0 spiro atoms. The van der Waals surface area contributed by atoms with E-state index < -0.39 is 5.25 Å². The number of nitrogens with one attached hydrogen (secondary N) is 1. The fourth-order valence-corrected chi connectivity index (χ4v) is 5.11. The zero-order chi connectivity index (χ0) is 24.1. The van der Waals surface area contributed by atoms with E-state index in [4.69, 9.17) is 0 Å². The third kappa shape index (κ3) is 6.02. The molecule has 0 bridgehead atoms. The van der Waals surface area contributed by atoms with Crippen LogP contribution in [0.2, 0.25) is 0 Å². The highest BCUT2D eigenvalue weighted by molar-refractivity contribution is 8.15. The molecule has 9 heteroatoms. The van der Waals surface area contributed by atoms with E-state index in [1.54, 1.807) is 43.4 Å². The van der Waals surface area contributed by atoms with Crippen molar-refractivity contribution in [2.45, 2.75) is 37.5 Å². The van der Waals surface area contributed by atoms with Gasteiger partial charge in [0.05, 0.1) is 0 Å². The molecule has 2 aliphatic heterocycles. The van der Waals surface area contributed by atoms with Crippen LogP contribution >= 0.6 is 11.8 Å². The maximum atomic E-state index is 13.1. The van der Waals surface area contributed by atoms with E-state index in [0.717, 1.165) is 36.7 Å². The number of likely N-dealkylation sites (tertiary alicyclic amines) is 1. The average Bonchev–Trinajstić information content (AvgIpc) is 3.20. The number of amidine groups is 1. The first-order valence-electron chi connectivity index (χ1n) is 11.3. The Hall–Kier alpha value is -3.20. The summed E-state index contributed by atoms with van der Waals surface area (Å²) >= 11 is 1.36. The lowest BCUT2D eigenvalue weighted by molar-refractivity contribution is -0.121. The fourth-order valence-electron chi connectivity index (χ4n) is 4.00. The lowest BCUT2D eigenvalue weighted by Crippen LogP contribution is -2.33. The number of carbonyl (C=O) groups is 3. The number of benzene rings is 2. The summed E-state index contributed by atoms with van der Waals surface area (Å²) in [4.78, 5) is 45.6. The number of carbonyl (C=O) groups excluding carboxylic acids is 3. The molecule has 1 N–H and O–H groups in total. The van der Waals surface area contributed by atoms with E-state index in [0.29, 0.717) is 17.8 Å². The highest BCUT2D eigenvalue weighted by atomic mass is 32.2. The van der Waals surface area contributed by atoms with Gasteiger partial charge in [0.25, 0.3) is 11.8 Å². The molecule has 34 heavy (non-hydrogen) atoms. The Labute approximate surface area is 202 Å². The summed E-state index contributed by atoms with van der Waals surface area (Å²) < 4.78 is 13.1. The zero-order valence-electron chi connectivity index (χ0n) is 19.0. The molecule has 1 atom stereocenters. The van der Waals surface area contributed by atoms with Crippen molar-refractivity contribution in [3.05, 3.63) is 65.5 Å². The van der Waals surface area contributed by atoms with Crippen LogP contribution in [-0.2, 0) is 16.1 Å². The van der Waals surface area contributed by atoms with Crippen molar-refractivity contribution >= 4 is 40.3 Å². The Morgan fingerprint density at radius 1 is 1.15 bits per heavy atom. The Morgan fingerprint density at radius 3 is 2.62 bits per heavy atom. The van der Waals surface area contributed by atoms with Gasteiger partial charge in [-0.05, 0) is 55.2 Å². The van der Waals surface area contributed by atoms with Gasteiger partial charge in [-0.2, -0.15) is 4.99 Å². The number of halogens is 1. The van der Waals surface area contributed by atoms with Gasteiger partial charge in [-0.15, -0.1) is 0 Å². The molecular weight excluding hydrogens is 455 g/mol. The predicted molar refractivity (Wildman–Crippen MR) is 131 cm³/mol. The Balaban J connectivity index is 1.32. The molecule has 0 radical (unpaired) electrons. The summed E-state index contributed by atoms with van der Waals surface area (Å²) in [6.45, 7) is 2.12. The molecule has 0 aromatic heterocycles. The molecule has 2 aromatic carbocycles. The Bertz CT molecular complexity index is 1100. The van der Waals surface area contributed by atoms with Crippen molar-refractivity contribution < 1.29 is 18.8 Å². The zero-order valence-corrected chi connectivity index (χ0v) is 19.8. The van der Waals surface area contributed by atoms with E-state index in [1.807, 2.05) is 0 Å².